The zero-order valence-corrected chi connectivity index (χ0v) is 10.1. The van der Waals surface area contributed by atoms with E-state index in [1.807, 2.05) is 30.3 Å². The number of nitrogen functional groups attached to an aromatic ring is 1. The second-order valence-corrected chi connectivity index (χ2v) is 3.56. The third-order valence-electron chi connectivity index (χ3n) is 2.06. The number of carboxylic acid groups (broad SMARTS) is 1. The minimum absolute atomic E-state index is 0.448. The molecule has 6 nitrogen and oxygen atoms in total. The van der Waals surface area contributed by atoms with Crippen LogP contribution in [0.5, 0.6) is 0 Å². The summed E-state index contributed by atoms with van der Waals surface area (Å²) in [6.07, 6.45) is -3.63. The van der Waals surface area contributed by atoms with Gasteiger partial charge in [0.25, 0.3) is 0 Å². The molecule has 2 rings (SSSR count). The summed E-state index contributed by atoms with van der Waals surface area (Å²) in [7, 11) is 0. The van der Waals surface area contributed by atoms with Gasteiger partial charge in [-0.2, -0.15) is 18.3 Å². The monoisotopic (exact) mass is 288 g/mol. The van der Waals surface area contributed by atoms with Gasteiger partial charge in [0.2, 0.25) is 5.95 Å². The van der Waals surface area contributed by atoms with E-state index in [1.165, 1.54) is 11.9 Å². The molecule has 1 aromatic carbocycles. The minimum atomic E-state index is -5.08. The third-order valence-corrected chi connectivity index (χ3v) is 2.06. The van der Waals surface area contributed by atoms with Crippen molar-refractivity contribution in [1.82, 2.24) is 14.8 Å². The first-order chi connectivity index (χ1) is 9.30. The van der Waals surface area contributed by atoms with E-state index >= 15 is 0 Å². The number of carboxylic acids is 1. The molecule has 0 radical (unpaired) electrons. The number of hydrogen-bond donors (Lipinski definition) is 2. The molecule has 2 aromatic rings. The number of benzene rings is 1. The molecule has 0 atom stereocenters. The Hall–Kier alpha value is -2.58. The SMILES string of the molecule is Nc1ncnn1Cc1ccccc1.O=C(O)C(F)(F)F. The Morgan fingerprint density at radius 3 is 2.25 bits per heavy atom. The normalized spacial score (nSPS) is 10.6. The first kappa shape index (κ1) is 15.5. The van der Waals surface area contributed by atoms with Crippen LogP contribution in [0.2, 0.25) is 0 Å². The van der Waals surface area contributed by atoms with Crippen molar-refractivity contribution in [2.24, 2.45) is 0 Å². The van der Waals surface area contributed by atoms with Crippen LogP contribution in [0.25, 0.3) is 0 Å². The topological polar surface area (TPSA) is 94.0 Å². The van der Waals surface area contributed by atoms with Crippen molar-refractivity contribution in [3.8, 4) is 0 Å². The molecule has 3 N–H and O–H groups in total. The Balaban J connectivity index is 0.000000246. The molecular formula is C11H11F3N4O2. The fourth-order valence-electron chi connectivity index (χ4n) is 1.15. The highest BCUT2D eigenvalue weighted by Crippen LogP contribution is 2.13. The molecule has 0 saturated heterocycles. The summed E-state index contributed by atoms with van der Waals surface area (Å²) >= 11 is 0. The van der Waals surface area contributed by atoms with E-state index in [0.29, 0.717) is 12.5 Å². The van der Waals surface area contributed by atoms with Crippen LogP contribution in [-0.4, -0.2) is 32.0 Å². The number of halogens is 3. The molecule has 1 aromatic heterocycles. The molecule has 20 heavy (non-hydrogen) atoms. The second kappa shape index (κ2) is 6.55. The van der Waals surface area contributed by atoms with Gasteiger partial charge in [-0.1, -0.05) is 30.3 Å². The number of anilines is 1. The van der Waals surface area contributed by atoms with Crippen LogP contribution in [0.4, 0.5) is 19.1 Å². The maximum absolute atomic E-state index is 10.6. The number of nitrogens with zero attached hydrogens (tertiary/aromatic N) is 3. The molecule has 1 heterocycles. The highest BCUT2D eigenvalue weighted by molar-refractivity contribution is 5.73. The lowest BCUT2D eigenvalue weighted by Crippen LogP contribution is -2.21. The molecule has 0 fully saturated rings. The van der Waals surface area contributed by atoms with Gasteiger partial charge < -0.3 is 10.8 Å². The molecule has 9 heteroatoms. The molecule has 0 amide bonds. The second-order valence-electron chi connectivity index (χ2n) is 3.56. The lowest BCUT2D eigenvalue weighted by Gasteiger charge is -2.01. The van der Waals surface area contributed by atoms with Gasteiger partial charge in [-0.25, -0.2) is 14.5 Å². The Kier molecular flexibility index (Phi) is 5.07. The predicted molar refractivity (Wildman–Crippen MR) is 63.7 cm³/mol. The van der Waals surface area contributed by atoms with Gasteiger partial charge in [0.15, 0.2) is 0 Å². The molecule has 0 aliphatic rings. The highest BCUT2D eigenvalue weighted by atomic mass is 19.4. The van der Waals surface area contributed by atoms with Gasteiger partial charge >= 0.3 is 12.1 Å². The number of rotatable bonds is 2. The summed E-state index contributed by atoms with van der Waals surface area (Å²) in [6, 6.07) is 10.0. The van der Waals surface area contributed by atoms with Crippen LogP contribution in [0.15, 0.2) is 36.7 Å². The van der Waals surface area contributed by atoms with Crippen LogP contribution in [0.1, 0.15) is 5.56 Å². The number of aromatic nitrogens is 3. The molecule has 0 saturated carbocycles. The smallest absolute Gasteiger partial charge is 0.475 e. The summed E-state index contributed by atoms with van der Waals surface area (Å²) < 4.78 is 33.4. The van der Waals surface area contributed by atoms with Crippen molar-refractivity contribution in [1.29, 1.82) is 0 Å². The van der Waals surface area contributed by atoms with E-state index in [9.17, 15) is 13.2 Å². The van der Waals surface area contributed by atoms with E-state index in [4.69, 9.17) is 15.6 Å². The van der Waals surface area contributed by atoms with Crippen LogP contribution >= 0.6 is 0 Å². The third kappa shape index (κ3) is 4.96. The van der Waals surface area contributed by atoms with Crippen molar-refractivity contribution in [2.45, 2.75) is 12.7 Å². The highest BCUT2D eigenvalue weighted by Gasteiger charge is 2.38. The average Bonchev–Trinajstić information content (AvgIpc) is 2.76. The summed E-state index contributed by atoms with van der Waals surface area (Å²) in [5.41, 5.74) is 6.74. The lowest BCUT2D eigenvalue weighted by atomic mass is 10.2. The molecule has 0 aliphatic heterocycles. The van der Waals surface area contributed by atoms with Crippen molar-refractivity contribution >= 4 is 11.9 Å². The van der Waals surface area contributed by atoms with E-state index in [0.717, 1.165) is 0 Å². The van der Waals surface area contributed by atoms with Crippen LogP contribution in [-0.2, 0) is 11.3 Å². The molecule has 0 unspecified atom stereocenters. The summed E-state index contributed by atoms with van der Waals surface area (Å²) in [4.78, 5) is 12.7. The molecule has 0 spiro atoms. The first-order valence-corrected chi connectivity index (χ1v) is 5.28. The number of hydrogen-bond acceptors (Lipinski definition) is 4. The average molecular weight is 288 g/mol. The minimum Gasteiger partial charge on any atom is -0.475 e. The number of alkyl halides is 3. The molecular weight excluding hydrogens is 277 g/mol. The predicted octanol–water partition coefficient (Wildman–Crippen LogP) is 1.54. The Morgan fingerprint density at radius 2 is 1.85 bits per heavy atom. The van der Waals surface area contributed by atoms with Gasteiger partial charge in [-0.15, -0.1) is 0 Å². The number of carbonyl (C=O) groups is 1. The summed E-state index contributed by atoms with van der Waals surface area (Å²) in [6.45, 7) is 0.673. The Morgan fingerprint density at radius 1 is 1.30 bits per heavy atom. The van der Waals surface area contributed by atoms with Crippen LogP contribution < -0.4 is 5.73 Å². The standard InChI is InChI=1S/C9H10N4.C2HF3O2/c10-9-11-7-12-13(9)6-8-4-2-1-3-5-8;3-2(4,5)1(6)7/h1-5,7H,6H2,(H2,10,11,12);(H,6,7). The van der Waals surface area contributed by atoms with Gasteiger partial charge in [-0.3, -0.25) is 0 Å². The van der Waals surface area contributed by atoms with Gasteiger partial charge in [0.1, 0.15) is 6.33 Å². The Bertz CT molecular complexity index is 554. The maximum Gasteiger partial charge on any atom is 0.490 e. The Labute approximate surface area is 111 Å². The summed E-state index contributed by atoms with van der Waals surface area (Å²) in [5, 5.41) is 11.1. The van der Waals surface area contributed by atoms with Gasteiger partial charge in [0, 0.05) is 0 Å². The first-order valence-electron chi connectivity index (χ1n) is 5.28. The zero-order chi connectivity index (χ0) is 15.2. The number of nitrogens with two attached hydrogens (primary N) is 1. The maximum atomic E-state index is 10.6. The van der Waals surface area contributed by atoms with Crippen molar-refractivity contribution in [3.05, 3.63) is 42.2 Å². The van der Waals surface area contributed by atoms with E-state index in [2.05, 4.69) is 10.1 Å². The van der Waals surface area contributed by atoms with Crippen LogP contribution in [0, 0.1) is 0 Å². The fourth-order valence-corrected chi connectivity index (χ4v) is 1.15. The fraction of sp³-hybridized carbons (Fsp3) is 0.182. The lowest BCUT2D eigenvalue weighted by molar-refractivity contribution is -0.192. The largest absolute Gasteiger partial charge is 0.490 e. The van der Waals surface area contributed by atoms with Crippen molar-refractivity contribution < 1.29 is 23.1 Å². The molecule has 0 bridgehead atoms. The van der Waals surface area contributed by atoms with Crippen molar-refractivity contribution in [3.63, 3.8) is 0 Å². The van der Waals surface area contributed by atoms with E-state index in [1.54, 1.807) is 4.68 Å². The van der Waals surface area contributed by atoms with Crippen LogP contribution in [0.3, 0.4) is 0 Å². The molecule has 108 valence electrons. The van der Waals surface area contributed by atoms with E-state index in [-0.39, 0.29) is 0 Å². The summed E-state index contributed by atoms with van der Waals surface area (Å²) in [5.74, 6) is -2.31. The quantitative estimate of drug-likeness (QED) is 0.874. The van der Waals surface area contributed by atoms with Gasteiger partial charge in [0.05, 0.1) is 6.54 Å². The van der Waals surface area contributed by atoms with Crippen molar-refractivity contribution in [2.75, 3.05) is 5.73 Å². The van der Waals surface area contributed by atoms with Gasteiger partial charge in [-0.05, 0) is 5.56 Å². The number of aliphatic carboxylic acids is 1. The van der Waals surface area contributed by atoms with E-state index < -0.39 is 12.1 Å². The molecule has 0 aliphatic carbocycles. The zero-order valence-electron chi connectivity index (χ0n) is 10.1.